The molecule has 2 N–H and O–H groups in total. The molecule has 3 aromatic carbocycles. The fourth-order valence-electron chi connectivity index (χ4n) is 4.83. The van der Waals surface area contributed by atoms with Crippen molar-refractivity contribution in [3.05, 3.63) is 90.0 Å². The molecule has 43 heavy (non-hydrogen) atoms. The van der Waals surface area contributed by atoms with Crippen LogP contribution in [0, 0.1) is 0 Å². The quantitative estimate of drug-likeness (QED) is 0.185. The van der Waals surface area contributed by atoms with E-state index in [4.69, 9.17) is 14.2 Å². The fraction of sp³-hybridized carbons (Fsp3) is 0.343. The van der Waals surface area contributed by atoms with E-state index in [-0.39, 0.29) is 12.1 Å². The maximum Gasteiger partial charge on any atom is 0.411 e. The van der Waals surface area contributed by atoms with Gasteiger partial charge in [0, 0.05) is 17.2 Å². The van der Waals surface area contributed by atoms with E-state index in [2.05, 4.69) is 10.6 Å². The number of nitrogens with one attached hydrogen (secondary N) is 2. The first kappa shape index (κ1) is 31.3. The van der Waals surface area contributed by atoms with Crippen LogP contribution in [-0.4, -0.2) is 42.8 Å². The monoisotopic (exact) mass is 584 g/mol. The topological polar surface area (TPSA) is 103 Å². The third-order valence-corrected chi connectivity index (χ3v) is 6.91. The second-order valence-electron chi connectivity index (χ2n) is 11.5. The van der Waals surface area contributed by atoms with Crippen LogP contribution in [0.2, 0.25) is 0 Å². The summed E-state index contributed by atoms with van der Waals surface area (Å²) in [6.45, 7) is 6.01. The molecule has 0 heterocycles. The molecule has 0 atom stereocenters. The standard InChI is InChI=1S/C35H40N2O6/c1-35(2,3)43-34(40)36-28-15-19-30(20-16-28)42-33(39)37-32-21-14-25(23-31(32)27-10-5-4-6-11-27)9-7-8-22-41-29-17-12-26(24-38)13-18-29/h4-7,9-14,17-18,21,23-24,28,30H,8,15-16,19-20,22H2,1-3H3,(H,36,40)(H,37,39)/t28-,30-. The molecule has 1 saturated carbocycles. The van der Waals surface area contributed by atoms with Crippen molar-refractivity contribution in [2.75, 3.05) is 11.9 Å². The number of alkyl carbamates (subject to hydrolysis) is 1. The zero-order valence-electron chi connectivity index (χ0n) is 25.0. The van der Waals surface area contributed by atoms with Crippen molar-refractivity contribution in [1.29, 1.82) is 0 Å². The second-order valence-corrected chi connectivity index (χ2v) is 11.5. The van der Waals surface area contributed by atoms with E-state index in [1.54, 1.807) is 24.3 Å². The van der Waals surface area contributed by atoms with Gasteiger partial charge in [-0.1, -0.05) is 48.6 Å². The number of aldehydes is 1. The van der Waals surface area contributed by atoms with E-state index in [9.17, 15) is 14.4 Å². The lowest BCUT2D eigenvalue weighted by atomic mass is 9.93. The van der Waals surface area contributed by atoms with Gasteiger partial charge in [0.2, 0.25) is 0 Å². The smallest absolute Gasteiger partial charge is 0.411 e. The Bertz CT molecular complexity index is 1390. The average Bonchev–Trinajstić information content (AvgIpc) is 2.98. The highest BCUT2D eigenvalue weighted by atomic mass is 16.6. The van der Waals surface area contributed by atoms with Gasteiger partial charge in [-0.2, -0.15) is 0 Å². The number of ether oxygens (including phenoxy) is 3. The van der Waals surface area contributed by atoms with E-state index < -0.39 is 17.8 Å². The SMILES string of the molecule is CC(C)(C)OC(=O)N[C@H]1CC[C@H](OC(=O)Nc2ccc(C=CCCOc3ccc(C=O)cc3)cc2-c2ccccc2)CC1. The lowest BCUT2D eigenvalue weighted by Crippen LogP contribution is -2.42. The van der Waals surface area contributed by atoms with Crippen LogP contribution >= 0.6 is 0 Å². The predicted molar refractivity (Wildman–Crippen MR) is 168 cm³/mol. The summed E-state index contributed by atoms with van der Waals surface area (Å²) in [5.74, 6) is 0.721. The normalized spacial score (nSPS) is 16.7. The second kappa shape index (κ2) is 15.0. The molecule has 3 aromatic rings. The van der Waals surface area contributed by atoms with Crippen molar-refractivity contribution in [2.45, 2.75) is 70.6 Å². The Morgan fingerprint density at radius 3 is 2.26 bits per heavy atom. The number of anilines is 1. The molecule has 0 radical (unpaired) electrons. The number of hydrogen-bond donors (Lipinski definition) is 2. The van der Waals surface area contributed by atoms with Crippen LogP contribution in [0.15, 0.2) is 78.9 Å². The van der Waals surface area contributed by atoms with Crippen molar-refractivity contribution in [3.8, 4) is 16.9 Å². The van der Waals surface area contributed by atoms with Gasteiger partial charge < -0.3 is 19.5 Å². The van der Waals surface area contributed by atoms with E-state index in [0.717, 1.165) is 28.7 Å². The predicted octanol–water partition coefficient (Wildman–Crippen LogP) is 8.03. The molecule has 226 valence electrons. The summed E-state index contributed by atoms with van der Waals surface area (Å²) in [7, 11) is 0. The number of amides is 2. The van der Waals surface area contributed by atoms with Gasteiger partial charge in [-0.3, -0.25) is 10.1 Å². The van der Waals surface area contributed by atoms with Gasteiger partial charge in [-0.15, -0.1) is 0 Å². The zero-order chi connectivity index (χ0) is 30.7. The van der Waals surface area contributed by atoms with Crippen LogP contribution in [0.3, 0.4) is 0 Å². The highest BCUT2D eigenvalue weighted by Crippen LogP contribution is 2.30. The molecule has 0 spiro atoms. The van der Waals surface area contributed by atoms with Gasteiger partial charge in [-0.25, -0.2) is 9.59 Å². The number of hydrogen-bond acceptors (Lipinski definition) is 6. The minimum Gasteiger partial charge on any atom is -0.493 e. The van der Waals surface area contributed by atoms with Gasteiger partial charge >= 0.3 is 12.2 Å². The zero-order valence-corrected chi connectivity index (χ0v) is 25.0. The molecular formula is C35H40N2O6. The van der Waals surface area contributed by atoms with Crippen molar-refractivity contribution in [1.82, 2.24) is 5.32 Å². The lowest BCUT2D eigenvalue weighted by Gasteiger charge is -2.30. The molecular weight excluding hydrogens is 544 g/mol. The summed E-state index contributed by atoms with van der Waals surface area (Å²) >= 11 is 0. The summed E-state index contributed by atoms with van der Waals surface area (Å²) in [5.41, 5.74) is 3.59. The molecule has 0 aliphatic heterocycles. The minimum atomic E-state index is -0.544. The van der Waals surface area contributed by atoms with Crippen molar-refractivity contribution in [2.24, 2.45) is 0 Å². The van der Waals surface area contributed by atoms with Crippen LogP contribution in [0.4, 0.5) is 15.3 Å². The number of carbonyl (C=O) groups is 3. The van der Waals surface area contributed by atoms with Crippen molar-refractivity contribution < 1.29 is 28.6 Å². The summed E-state index contributed by atoms with van der Waals surface area (Å²) in [5, 5.41) is 5.85. The summed E-state index contributed by atoms with van der Waals surface area (Å²) < 4.78 is 16.8. The molecule has 1 aliphatic rings. The third-order valence-electron chi connectivity index (χ3n) is 6.91. The van der Waals surface area contributed by atoms with E-state index in [0.29, 0.717) is 50.0 Å². The maximum absolute atomic E-state index is 12.9. The molecule has 1 fully saturated rings. The molecule has 1 aliphatic carbocycles. The van der Waals surface area contributed by atoms with E-state index >= 15 is 0 Å². The Kier molecular flexibility index (Phi) is 11.0. The van der Waals surface area contributed by atoms with Crippen LogP contribution in [0.25, 0.3) is 17.2 Å². The van der Waals surface area contributed by atoms with Gasteiger partial charge in [0.25, 0.3) is 0 Å². The summed E-state index contributed by atoms with van der Waals surface area (Å²) in [6, 6.07) is 22.8. The van der Waals surface area contributed by atoms with Gasteiger partial charge in [0.15, 0.2) is 0 Å². The first-order valence-electron chi connectivity index (χ1n) is 14.7. The Morgan fingerprint density at radius 1 is 0.884 bits per heavy atom. The lowest BCUT2D eigenvalue weighted by molar-refractivity contribution is 0.0440. The van der Waals surface area contributed by atoms with Crippen LogP contribution in [0.5, 0.6) is 5.75 Å². The summed E-state index contributed by atoms with van der Waals surface area (Å²) in [6.07, 6.45) is 7.20. The van der Waals surface area contributed by atoms with Crippen LogP contribution < -0.4 is 15.4 Å². The van der Waals surface area contributed by atoms with Crippen molar-refractivity contribution in [3.63, 3.8) is 0 Å². The Balaban J connectivity index is 1.31. The highest BCUT2D eigenvalue weighted by Gasteiger charge is 2.27. The average molecular weight is 585 g/mol. The molecule has 0 aromatic heterocycles. The number of carbonyl (C=O) groups excluding carboxylic acids is 3. The first-order chi connectivity index (χ1) is 20.7. The van der Waals surface area contributed by atoms with E-state index in [1.165, 1.54) is 0 Å². The molecule has 0 bridgehead atoms. The molecule has 8 heteroatoms. The maximum atomic E-state index is 12.9. The minimum absolute atomic E-state index is 0.00423. The molecule has 0 saturated heterocycles. The van der Waals surface area contributed by atoms with E-state index in [1.807, 2.05) is 81.5 Å². The Hall–Kier alpha value is -4.59. The highest BCUT2D eigenvalue weighted by molar-refractivity contribution is 5.92. The largest absolute Gasteiger partial charge is 0.493 e. The first-order valence-corrected chi connectivity index (χ1v) is 14.7. The number of rotatable bonds is 10. The molecule has 0 unspecified atom stereocenters. The number of benzene rings is 3. The van der Waals surface area contributed by atoms with Gasteiger partial charge in [0.05, 0.1) is 12.3 Å². The van der Waals surface area contributed by atoms with Crippen molar-refractivity contribution >= 4 is 30.2 Å². The van der Waals surface area contributed by atoms with Gasteiger partial charge in [-0.05, 0) is 100 Å². The Morgan fingerprint density at radius 2 is 1.58 bits per heavy atom. The van der Waals surface area contributed by atoms with Crippen LogP contribution in [-0.2, 0) is 9.47 Å². The fourth-order valence-corrected chi connectivity index (χ4v) is 4.83. The summed E-state index contributed by atoms with van der Waals surface area (Å²) in [4.78, 5) is 35.8. The van der Waals surface area contributed by atoms with Crippen LogP contribution in [0.1, 0.15) is 68.8 Å². The Labute approximate surface area is 253 Å². The van der Waals surface area contributed by atoms with Gasteiger partial charge in [0.1, 0.15) is 23.7 Å². The molecule has 2 amide bonds. The molecule has 8 nitrogen and oxygen atoms in total. The third kappa shape index (κ3) is 10.3. The molecule has 4 rings (SSSR count).